The van der Waals surface area contributed by atoms with Crippen molar-refractivity contribution in [2.75, 3.05) is 7.11 Å². The van der Waals surface area contributed by atoms with E-state index in [0.717, 1.165) is 5.56 Å². The van der Waals surface area contributed by atoms with Gasteiger partial charge >= 0.3 is 5.97 Å². The third-order valence-electron chi connectivity index (χ3n) is 3.74. The molecule has 3 aromatic rings. The molecular weight excluding hydrogens is 372 g/mol. The van der Waals surface area contributed by atoms with Gasteiger partial charge in [0.05, 0.1) is 36.5 Å². The number of rotatable bonds is 7. The number of nitrogens with one attached hydrogen (secondary N) is 1. The fraction of sp³-hybridized carbons (Fsp3) is 0.167. The molecule has 0 unspecified atom stereocenters. The molecule has 0 spiro atoms. The molecule has 0 radical (unpaired) electrons. The van der Waals surface area contributed by atoms with Crippen molar-refractivity contribution in [3.8, 4) is 11.7 Å². The van der Waals surface area contributed by atoms with Gasteiger partial charge < -0.3 is 14.7 Å². The minimum Gasteiger partial charge on any atom is -0.495 e. The number of carbonyl (C=O) groups excluding carboxylic acids is 1. The number of halogens is 1. The highest BCUT2D eigenvalue weighted by Crippen LogP contribution is 2.24. The summed E-state index contributed by atoms with van der Waals surface area (Å²) in [6.45, 7) is 0.136. The van der Waals surface area contributed by atoms with Crippen LogP contribution in [0.5, 0.6) is 5.75 Å². The van der Waals surface area contributed by atoms with Crippen LogP contribution in [0.2, 0.25) is 5.02 Å². The summed E-state index contributed by atoms with van der Waals surface area (Å²) in [6.07, 6.45) is 4.44. The van der Waals surface area contributed by atoms with Crippen LogP contribution in [0.3, 0.4) is 0 Å². The van der Waals surface area contributed by atoms with Crippen molar-refractivity contribution in [3.05, 3.63) is 70.8 Å². The molecular formula is C18H17ClN4O4. The van der Waals surface area contributed by atoms with Crippen LogP contribution in [0.1, 0.15) is 21.6 Å². The van der Waals surface area contributed by atoms with E-state index in [4.69, 9.17) is 21.2 Å². The summed E-state index contributed by atoms with van der Waals surface area (Å²) in [5, 5.41) is 9.75. The van der Waals surface area contributed by atoms with E-state index in [1.807, 2.05) is 0 Å². The summed E-state index contributed by atoms with van der Waals surface area (Å²) in [4.78, 5) is 25.3. The number of hydrogen-bond acceptors (Lipinski definition) is 7. The summed E-state index contributed by atoms with van der Waals surface area (Å²) in [5.41, 5.74) is 4.24. The molecule has 27 heavy (non-hydrogen) atoms. The second kappa shape index (κ2) is 8.63. The molecule has 3 rings (SSSR count). The number of aliphatic hydroxyl groups excluding tert-OH is 1. The van der Waals surface area contributed by atoms with Crippen molar-refractivity contribution >= 4 is 17.6 Å². The molecule has 140 valence electrons. The van der Waals surface area contributed by atoms with Crippen LogP contribution in [0, 0.1) is 0 Å². The Morgan fingerprint density at radius 3 is 2.74 bits per heavy atom. The number of methoxy groups -OCH3 is 1. The molecule has 0 saturated heterocycles. The van der Waals surface area contributed by atoms with Crippen molar-refractivity contribution in [2.45, 2.75) is 13.2 Å². The highest BCUT2D eigenvalue weighted by Gasteiger charge is 2.11. The maximum absolute atomic E-state index is 12.1. The first-order valence-electron chi connectivity index (χ1n) is 7.98. The number of hydroxylamine groups is 1. The topological polar surface area (TPSA) is 98.5 Å². The summed E-state index contributed by atoms with van der Waals surface area (Å²) < 4.78 is 6.71. The lowest BCUT2D eigenvalue weighted by Gasteiger charge is -2.08. The van der Waals surface area contributed by atoms with Crippen LogP contribution in [-0.4, -0.2) is 32.7 Å². The van der Waals surface area contributed by atoms with E-state index in [0.29, 0.717) is 22.4 Å². The average Bonchev–Trinajstić information content (AvgIpc) is 3.17. The number of nitrogens with zero attached hydrogens (tertiary/aromatic N) is 3. The maximum Gasteiger partial charge on any atom is 0.359 e. The second-order valence-electron chi connectivity index (χ2n) is 5.48. The van der Waals surface area contributed by atoms with E-state index in [1.165, 1.54) is 19.5 Å². The van der Waals surface area contributed by atoms with E-state index >= 15 is 0 Å². The van der Waals surface area contributed by atoms with Gasteiger partial charge in [-0.1, -0.05) is 17.7 Å². The molecule has 9 heteroatoms. The predicted octanol–water partition coefficient (Wildman–Crippen LogP) is 2.28. The lowest BCUT2D eigenvalue weighted by atomic mass is 10.2. The number of aliphatic hydroxyl groups is 1. The van der Waals surface area contributed by atoms with Gasteiger partial charge in [0.15, 0.2) is 0 Å². The predicted molar refractivity (Wildman–Crippen MR) is 97.5 cm³/mol. The largest absolute Gasteiger partial charge is 0.495 e. The zero-order chi connectivity index (χ0) is 19.2. The van der Waals surface area contributed by atoms with Crippen LogP contribution in [0.25, 0.3) is 5.95 Å². The maximum atomic E-state index is 12.1. The van der Waals surface area contributed by atoms with E-state index < -0.39 is 5.97 Å². The van der Waals surface area contributed by atoms with Gasteiger partial charge in [0, 0.05) is 18.6 Å². The van der Waals surface area contributed by atoms with Gasteiger partial charge in [-0.05, 0) is 29.8 Å². The number of aromatic nitrogens is 3. The molecule has 1 aromatic carbocycles. The summed E-state index contributed by atoms with van der Waals surface area (Å²) in [6, 6.07) is 8.77. The Hall–Kier alpha value is -2.94. The molecule has 0 aliphatic rings. The molecule has 0 bridgehead atoms. The Labute approximate surface area is 160 Å². The average molecular weight is 389 g/mol. The monoisotopic (exact) mass is 388 g/mol. The molecule has 0 aliphatic carbocycles. The molecule has 0 atom stereocenters. The van der Waals surface area contributed by atoms with Crippen LogP contribution < -0.4 is 10.2 Å². The Kier molecular flexibility index (Phi) is 6.02. The molecule has 2 aromatic heterocycles. The number of carbonyl (C=O) groups is 1. The lowest BCUT2D eigenvalue weighted by Crippen LogP contribution is -2.20. The molecule has 0 aliphatic heterocycles. The fourth-order valence-electron chi connectivity index (χ4n) is 2.35. The second-order valence-corrected chi connectivity index (χ2v) is 5.89. The van der Waals surface area contributed by atoms with Gasteiger partial charge in [0.25, 0.3) is 0 Å². The normalized spacial score (nSPS) is 10.6. The first-order chi connectivity index (χ1) is 13.1. The zero-order valence-electron chi connectivity index (χ0n) is 14.4. The van der Waals surface area contributed by atoms with Crippen LogP contribution in [0.4, 0.5) is 0 Å². The highest BCUT2D eigenvalue weighted by molar-refractivity contribution is 6.32. The van der Waals surface area contributed by atoms with Crippen LogP contribution in [0.15, 0.2) is 48.9 Å². The Bertz CT molecular complexity index is 927. The summed E-state index contributed by atoms with van der Waals surface area (Å²) in [7, 11) is 1.54. The van der Waals surface area contributed by atoms with Gasteiger partial charge in [-0.3, -0.25) is 4.57 Å². The van der Waals surface area contributed by atoms with E-state index in [2.05, 4.69) is 15.4 Å². The third kappa shape index (κ3) is 4.43. The highest BCUT2D eigenvalue weighted by atomic mass is 35.5. The van der Waals surface area contributed by atoms with E-state index in [1.54, 1.807) is 41.1 Å². The van der Waals surface area contributed by atoms with Gasteiger partial charge in [-0.15, -0.1) is 5.48 Å². The Balaban J connectivity index is 1.57. The minimum absolute atomic E-state index is 0.139. The van der Waals surface area contributed by atoms with Crippen molar-refractivity contribution < 1.29 is 19.5 Å². The zero-order valence-corrected chi connectivity index (χ0v) is 15.2. The van der Waals surface area contributed by atoms with Crippen molar-refractivity contribution in [1.29, 1.82) is 0 Å². The number of benzene rings is 1. The minimum atomic E-state index is -0.615. The van der Waals surface area contributed by atoms with Crippen molar-refractivity contribution in [3.63, 3.8) is 0 Å². The summed E-state index contributed by atoms with van der Waals surface area (Å²) in [5.74, 6) is 0.305. The van der Waals surface area contributed by atoms with Crippen LogP contribution >= 0.6 is 11.6 Å². The Morgan fingerprint density at radius 2 is 2.07 bits per heavy atom. The van der Waals surface area contributed by atoms with Crippen LogP contribution in [-0.2, 0) is 18.0 Å². The lowest BCUT2D eigenvalue weighted by molar-refractivity contribution is 0.0236. The first kappa shape index (κ1) is 18.8. The first-order valence-corrected chi connectivity index (χ1v) is 8.36. The van der Waals surface area contributed by atoms with Gasteiger partial charge in [-0.25, -0.2) is 14.8 Å². The molecule has 0 fully saturated rings. The number of ether oxygens (including phenoxy) is 1. The van der Waals surface area contributed by atoms with Crippen molar-refractivity contribution in [2.24, 2.45) is 0 Å². The molecule has 0 saturated carbocycles. The van der Waals surface area contributed by atoms with E-state index in [-0.39, 0.29) is 18.7 Å². The number of hydrogen-bond donors (Lipinski definition) is 2. The molecule has 2 heterocycles. The van der Waals surface area contributed by atoms with Gasteiger partial charge in [0.1, 0.15) is 5.75 Å². The van der Waals surface area contributed by atoms with Gasteiger partial charge in [0.2, 0.25) is 5.95 Å². The third-order valence-corrected chi connectivity index (χ3v) is 4.04. The smallest absolute Gasteiger partial charge is 0.359 e. The molecule has 8 nitrogen and oxygen atoms in total. The van der Waals surface area contributed by atoms with Gasteiger partial charge in [-0.2, -0.15) is 0 Å². The summed E-state index contributed by atoms with van der Waals surface area (Å²) >= 11 is 6.05. The molecule has 0 amide bonds. The quantitative estimate of drug-likeness (QED) is 0.599. The van der Waals surface area contributed by atoms with Crippen molar-refractivity contribution in [1.82, 2.24) is 20.0 Å². The SMILES string of the molecule is COc1ccc(CNOC(=O)c2cnc(-n3cccc3CO)nc2)cc1Cl. The fourth-order valence-corrected chi connectivity index (χ4v) is 2.64. The Morgan fingerprint density at radius 1 is 1.30 bits per heavy atom. The van der Waals surface area contributed by atoms with E-state index in [9.17, 15) is 9.90 Å². The molecule has 2 N–H and O–H groups in total. The standard InChI is InChI=1S/C18H17ClN4O4/c1-26-16-5-4-12(7-15(16)19)8-22-27-17(25)13-9-20-18(21-10-13)23-6-2-3-14(23)11-24/h2-7,9-10,22,24H,8,11H2,1H3.